The molecule has 7 heteroatoms. The van der Waals surface area contributed by atoms with E-state index in [1.165, 1.54) is 0 Å². The first kappa shape index (κ1) is 20.4. The summed E-state index contributed by atoms with van der Waals surface area (Å²) in [5, 5.41) is 5.32. The van der Waals surface area contributed by atoms with Crippen molar-refractivity contribution in [2.45, 2.75) is 39.3 Å². The number of amides is 2. The number of nitrogens with one attached hydrogen (secondary N) is 2. The average Bonchev–Trinajstić information content (AvgIpc) is 2.98. The van der Waals surface area contributed by atoms with Crippen LogP contribution in [0.1, 0.15) is 27.7 Å². The Hall–Kier alpha value is -3.35. The molecule has 0 aliphatic heterocycles. The number of fused-ring (bicyclic) bond motifs is 1. The van der Waals surface area contributed by atoms with Crippen LogP contribution in [-0.4, -0.2) is 33.2 Å². The van der Waals surface area contributed by atoms with Crippen LogP contribution >= 0.6 is 0 Å². The van der Waals surface area contributed by atoms with E-state index in [0.29, 0.717) is 5.69 Å². The third-order valence-corrected chi connectivity index (χ3v) is 4.32. The van der Waals surface area contributed by atoms with Crippen LogP contribution in [0.5, 0.6) is 0 Å². The molecule has 29 heavy (non-hydrogen) atoms. The second-order valence-corrected chi connectivity index (χ2v) is 7.92. The van der Waals surface area contributed by atoms with Gasteiger partial charge in [-0.05, 0) is 64.1 Å². The van der Waals surface area contributed by atoms with Gasteiger partial charge in [-0.25, -0.2) is 9.78 Å². The molecule has 2 N–H and O–H groups in total. The number of hydrogen-bond donors (Lipinski definition) is 2. The van der Waals surface area contributed by atoms with Crippen molar-refractivity contribution in [3.63, 3.8) is 0 Å². The summed E-state index contributed by atoms with van der Waals surface area (Å²) in [6.45, 7) is 6.91. The van der Waals surface area contributed by atoms with Crippen molar-refractivity contribution in [2.75, 3.05) is 5.32 Å². The van der Waals surface area contributed by atoms with Crippen molar-refractivity contribution in [2.24, 2.45) is 7.05 Å². The van der Waals surface area contributed by atoms with Gasteiger partial charge in [0.15, 0.2) is 0 Å². The zero-order chi connectivity index (χ0) is 21.2. The normalized spacial score (nSPS) is 12.4. The summed E-state index contributed by atoms with van der Waals surface area (Å²) in [5.41, 5.74) is 2.95. The Balaban J connectivity index is 1.66. The fourth-order valence-corrected chi connectivity index (χ4v) is 2.91. The van der Waals surface area contributed by atoms with E-state index in [-0.39, 0.29) is 5.91 Å². The number of hydrogen-bond acceptors (Lipinski definition) is 4. The molecule has 0 saturated heterocycles. The van der Waals surface area contributed by atoms with Crippen LogP contribution < -0.4 is 10.6 Å². The molecule has 0 bridgehead atoms. The summed E-state index contributed by atoms with van der Waals surface area (Å²) in [7, 11) is 1.98. The topological polar surface area (TPSA) is 85.2 Å². The smallest absolute Gasteiger partial charge is 0.408 e. The first-order valence-electron chi connectivity index (χ1n) is 9.46. The van der Waals surface area contributed by atoms with Gasteiger partial charge in [0.1, 0.15) is 17.5 Å². The molecular weight excluding hydrogens is 368 g/mol. The maximum Gasteiger partial charge on any atom is 0.408 e. The van der Waals surface area contributed by atoms with Crippen molar-refractivity contribution in [1.29, 1.82) is 0 Å². The maximum absolute atomic E-state index is 12.3. The highest BCUT2D eigenvalue weighted by Crippen LogP contribution is 2.24. The van der Waals surface area contributed by atoms with Gasteiger partial charge in [0.25, 0.3) is 0 Å². The fraction of sp³-hybridized carbons (Fsp3) is 0.318. The zero-order valence-electron chi connectivity index (χ0n) is 17.3. The molecule has 3 rings (SSSR count). The van der Waals surface area contributed by atoms with E-state index < -0.39 is 17.7 Å². The molecule has 3 aromatic rings. The van der Waals surface area contributed by atoms with E-state index in [2.05, 4.69) is 15.6 Å². The molecule has 0 aliphatic carbocycles. The molecular formula is C22H26N4O3. The number of nitrogens with zero attached hydrogens (tertiary/aromatic N) is 2. The summed E-state index contributed by atoms with van der Waals surface area (Å²) in [6.07, 6.45) is -0.627. The van der Waals surface area contributed by atoms with Crippen LogP contribution in [0.15, 0.2) is 48.5 Å². The van der Waals surface area contributed by atoms with E-state index in [1.54, 1.807) is 27.7 Å². The Morgan fingerprint density at radius 3 is 2.34 bits per heavy atom. The van der Waals surface area contributed by atoms with Gasteiger partial charge in [0.2, 0.25) is 5.91 Å². The SMILES string of the molecule is CC(NC(=O)OC(C)(C)C)C(=O)Nc1ccc(-c2nc3ccccc3n2C)cc1. The molecule has 1 aromatic heterocycles. The van der Waals surface area contributed by atoms with Crippen LogP contribution in [0.4, 0.5) is 10.5 Å². The van der Waals surface area contributed by atoms with E-state index in [4.69, 9.17) is 4.74 Å². The third kappa shape index (κ3) is 4.93. The largest absolute Gasteiger partial charge is 0.444 e. The highest BCUT2D eigenvalue weighted by atomic mass is 16.6. The molecule has 0 saturated carbocycles. The van der Waals surface area contributed by atoms with Gasteiger partial charge in [0.05, 0.1) is 11.0 Å². The predicted octanol–water partition coefficient (Wildman–Crippen LogP) is 4.09. The highest BCUT2D eigenvalue weighted by molar-refractivity contribution is 5.96. The number of para-hydroxylation sites is 2. The zero-order valence-corrected chi connectivity index (χ0v) is 17.3. The lowest BCUT2D eigenvalue weighted by atomic mass is 10.2. The van der Waals surface area contributed by atoms with E-state index in [9.17, 15) is 9.59 Å². The number of aromatic nitrogens is 2. The molecule has 7 nitrogen and oxygen atoms in total. The predicted molar refractivity (Wildman–Crippen MR) is 114 cm³/mol. The number of anilines is 1. The fourth-order valence-electron chi connectivity index (χ4n) is 2.91. The van der Waals surface area contributed by atoms with Crippen LogP contribution in [0.2, 0.25) is 0 Å². The van der Waals surface area contributed by atoms with Gasteiger partial charge in [-0.1, -0.05) is 12.1 Å². The van der Waals surface area contributed by atoms with Crippen molar-refractivity contribution in [1.82, 2.24) is 14.9 Å². The van der Waals surface area contributed by atoms with Crippen LogP contribution in [0, 0.1) is 0 Å². The Labute approximate surface area is 170 Å². The molecule has 2 aromatic carbocycles. The number of carbonyl (C=O) groups excluding carboxylic acids is 2. The van der Waals surface area contributed by atoms with Gasteiger partial charge in [-0.2, -0.15) is 0 Å². The Kier molecular flexibility index (Phi) is 5.59. The van der Waals surface area contributed by atoms with Crippen LogP contribution in [0.25, 0.3) is 22.4 Å². The standard InChI is InChI=1S/C22H26N4O3/c1-14(23-21(28)29-22(2,3)4)20(27)24-16-12-10-15(11-13-16)19-25-17-8-6-7-9-18(17)26(19)5/h6-14H,1-5H3,(H,23,28)(H,24,27). The lowest BCUT2D eigenvalue weighted by Gasteiger charge is -2.21. The lowest BCUT2D eigenvalue weighted by molar-refractivity contribution is -0.117. The maximum atomic E-state index is 12.3. The Morgan fingerprint density at radius 1 is 1.07 bits per heavy atom. The molecule has 1 unspecified atom stereocenters. The molecule has 0 fully saturated rings. The van der Waals surface area contributed by atoms with Crippen molar-refractivity contribution in [3.8, 4) is 11.4 Å². The lowest BCUT2D eigenvalue weighted by Crippen LogP contribution is -2.43. The number of ether oxygens (including phenoxy) is 1. The van der Waals surface area contributed by atoms with Gasteiger partial charge in [0, 0.05) is 18.3 Å². The monoisotopic (exact) mass is 394 g/mol. The molecule has 2 amide bonds. The quantitative estimate of drug-likeness (QED) is 0.698. The molecule has 0 radical (unpaired) electrons. The molecule has 1 atom stereocenters. The Morgan fingerprint density at radius 2 is 1.72 bits per heavy atom. The van der Waals surface area contributed by atoms with Gasteiger partial charge >= 0.3 is 6.09 Å². The number of carbonyl (C=O) groups is 2. The van der Waals surface area contributed by atoms with Crippen molar-refractivity contribution in [3.05, 3.63) is 48.5 Å². The van der Waals surface area contributed by atoms with Gasteiger partial charge in [-0.15, -0.1) is 0 Å². The third-order valence-electron chi connectivity index (χ3n) is 4.32. The molecule has 0 aliphatic rings. The number of rotatable bonds is 4. The van der Waals surface area contributed by atoms with Crippen molar-refractivity contribution < 1.29 is 14.3 Å². The van der Waals surface area contributed by atoms with E-state index >= 15 is 0 Å². The van der Waals surface area contributed by atoms with Crippen LogP contribution in [0.3, 0.4) is 0 Å². The van der Waals surface area contributed by atoms with Gasteiger partial charge < -0.3 is 19.9 Å². The highest BCUT2D eigenvalue weighted by Gasteiger charge is 2.21. The second kappa shape index (κ2) is 7.95. The summed E-state index contributed by atoms with van der Waals surface area (Å²) in [4.78, 5) is 28.8. The first-order chi connectivity index (χ1) is 13.6. The summed E-state index contributed by atoms with van der Waals surface area (Å²) in [6, 6.07) is 14.7. The van der Waals surface area contributed by atoms with E-state index in [1.807, 2.05) is 60.1 Å². The minimum atomic E-state index is -0.732. The molecule has 1 heterocycles. The van der Waals surface area contributed by atoms with Gasteiger partial charge in [-0.3, -0.25) is 4.79 Å². The van der Waals surface area contributed by atoms with E-state index in [0.717, 1.165) is 22.4 Å². The van der Waals surface area contributed by atoms with Crippen LogP contribution in [-0.2, 0) is 16.6 Å². The Bertz CT molecular complexity index is 1030. The molecule has 152 valence electrons. The number of imidazole rings is 1. The minimum absolute atomic E-state index is 0.327. The summed E-state index contributed by atoms with van der Waals surface area (Å²) >= 11 is 0. The minimum Gasteiger partial charge on any atom is -0.444 e. The summed E-state index contributed by atoms with van der Waals surface area (Å²) < 4.78 is 7.21. The summed E-state index contributed by atoms with van der Waals surface area (Å²) in [5.74, 6) is 0.523. The van der Waals surface area contributed by atoms with Crippen molar-refractivity contribution >= 4 is 28.7 Å². The first-order valence-corrected chi connectivity index (χ1v) is 9.46. The molecule has 0 spiro atoms. The number of alkyl carbamates (subject to hydrolysis) is 1. The second-order valence-electron chi connectivity index (χ2n) is 7.92. The average molecular weight is 394 g/mol. The number of aryl methyl sites for hydroxylation is 1. The number of benzene rings is 2.